The molecule has 3 aromatic heterocycles. The van der Waals surface area contributed by atoms with Crippen molar-refractivity contribution in [3.8, 4) is 0 Å². The third-order valence-corrected chi connectivity index (χ3v) is 4.39. The van der Waals surface area contributed by atoms with Crippen LogP contribution in [0.5, 0.6) is 0 Å². The summed E-state index contributed by atoms with van der Waals surface area (Å²) >= 11 is 0. The van der Waals surface area contributed by atoms with Gasteiger partial charge in [-0.2, -0.15) is 0 Å². The number of aryl methyl sites for hydroxylation is 1. The van der Waals surface area contributed by atoms with Crippen molar-refractivity contribution >= 4 is 5.65 Å². The largest absolute Gasteiger partial charge is 0.294 e. The molecule has 0 amide bonds. The van der Waals surface area contributed by atoms with Gasteiger partial charge in [0.2, 0.25) is 0 Å². The molecule has 4 heterocycles. The highest BCUT2D eigenvalue weighted by Gasteiger charge is 2.27. The van der Waals surface area contributed by atoms with Gasteiger partial charge in [-0.3, -0.25) is 19.8 Å². The smallest absolute Gasteiger partial charge is 0.272 e. The highest BCUT2D eigenvalue weighted by atomic mass is 16.1. The number of hydrogen-bond acceptors (Lipinski definition) is 4. The SMILES string of the molecule is Cc1cc2nc(CN3CCC[C@@H]3c3ccccn3)cc(=O)n2[nH]1. The maximum atomic E-state index is 12.2. The molecule has 1 saturated heterocycles. The Labute approximate surface area is 133 Å². The molecule has 0 spiro atoms. The van der Waals surface area contributed by atoms with Crippen LogP contribution < -0.4 is 5.56 Å². The Morgan fingerprint density at radius 1 is 1.35 bits per heavy atom. The van der Waals surface area contributed by atoms with Crippen LogP contribution in [-0.4, -0.2) is 31.0 Å². The van der Waals surface area contributed by atoms with Crippen molar-refractivity contribution in [2.75, 3.05) is 6.54 Å². The van der Waals surface area contributed by atoms with Gasteiger partial charge in [0, 0.05) is 30.6 Å². The van der Waals surface area contributed by atoms with Crippen LogP contribution in [0.4, 0.5) is 0 Å². The Hall–Kier alpha value is -2.47. The molecule has 1 aliphatic rings. The van der Waals surface area contributed by atoms with Crippen LogP contribution in [0.25, 0.3) is 5.65 Å². The van der Waals surface area contributed by atoms with Gasteiger partial charge < -0.3 is 0 Å². The summed E-state index contributed by atoms with van der Waals surface area (Å²) in [6, 6.07) is 9.86. The molecule has 0 unspecified atom stereocenters. The standard InChI is InChI=1S/C17H19N5O/c1-12-9-16-19-13(10-17(23)22(16)20-12)11-21-8-4-6-15(21)14-5-2-3-7-18-14/h2-3,5,7,9-10,15,20H,4,6,8,11H2,1H3/t15-/m1/s1. The Morgan fingerprint density at radius 2 is 2.26 bits per heavy atom. The lowest BCUT2D eigenvalue weighted by atomic mass is 10.1. The van der Waals surface area contributed by atoms with Gasteiger partial charge in [0.05, 0.1) is 17.4 Å². The van der Waals surface area contributed by atoms with Gasteiger partial charge in [-0.25, -0.2) is 9.50 Å². The van der Waals surface area contributed by atoms with Crippen molar-refractivity contribution in [1.29, 1.82) is 0 Å². The molecule has 6 heteroatoms. The summed E-state index contributed by atoms with van der Waals surface area (Å²) < 4.78 is 1.49. The fourth-order valence-electron chi connectivity index (χ4n) is 3.37. The second-order valence-electron chi connectivity index (χ2n) is 6.10. The highest BCUT2D eigenvalue weighted by Crippen LogP contribution is 2.31. The zero-order valence-electron chi connectivity index (χ0n) is 13.1. The average molecular weight is 309 g/mol. The van der Waals surface area contributed by atoms with E-state index in [0.717, 1.165) is 36.5 Å². The van der Waals surface area contributed by atoms with Gasteiger partial charge in [0.15, 0.2) is 5.65 Å². The minimum atomic E-state index is -0.0633. The number of hydrogen-bond donors (Lipinski definition) is 1. The lowest BCUT2D eigenvalue weighted by Gasteiger charge is -2.23. The van der Waals surface area contributed by atoms with Gasteiger partial charge in [-0.15, -0.1) is 0 Å². The molecule has 0 radical (unpaired) electrons. The van der Waals surface area contributed by atoms with Crippen LogP contribution >= 0.6 is 0 Å². The van der Waals surface area contributed by atoms with Crippen molar-refractivity contribution in [1.82, 2.24) is 24.5 Å². The van der Waals surface area contributed by atoms with Crippen LogP contribution in [0, 0.1) is 6.92 Å². The number of aromatic amines is 1. The van der Waals surface area contributed by atoms with E-state index in [1.165, 1.54) is 4.52 Å². The fraction of sp³-hybridized carbons (Fsp3) is 0.353. The average Bonchev–Trinajstić information content (AvgIpc) is 3.14. The zero-order chi connectivity index (χ0) is 15.8. The number of aromatic nitrogens is 4. The zero-order valence-corrected chi connectivity index (χ0v) is 13.1. The Balaban J connectivity index is 1.63. The van der Waals surface area contributed by atoms with E-state index in [0.29, 0.717) is 18.2 Å². The number of nitrogens with zero attached hydrogens (tertiary/aromatic N) is 4. The summed E-state index contributed by atoms with van der Waals surface area (Å²) in [7, 11) is 0. The molecule has 1 aliphatic heterocycles. The predicted octanol–water partition coefficient (Wildman–Crippen LogP) is 2.06. The summed E-state index contributed by atoms with van der Waals surface area (Å²) in [5.74, 6) is 0. The monoisotopic (exact) mass is 309 g/mol. The van der Waals surface area contributed by atoms with Gasteiger partial charge >= 0.3 is 0 Å². The first-order valence-electron chi connectivity index (χ1n) is 7.94. The molecule has 1 fully saturated rings. The molecule has 0 bridgehead atoms. The van der Waals surface area contributed by atoms with E-state index in [4.69, 9.17) is 0 Å². The molecule has 6 nitrogen and oxygen atoms in total. The highest BCUT2D eigenvalue weighted by molar-refractivity contribution is 5.39. The molecule has 1 N–H and O–H groups in total. The maximum Gasteiger partial charge on any atom is 0.272 e. The number of pyridine rings is 1. The lowest BCUT2D eigenvalue weighted by Crippen LogP contribution is -2.25. The van der Waals surface area contributed by atoms with Crippen molar-refractivity contribution in [2.24, 2.45) is 0 Å². The van der Waals surface area contributed by atoms with E-state index in [2.05, 4.69) is 26.0 Å². The van der Waals surface area contributed by atoms with Gasteiger partial charge in [0.25, 0.3) is 5.56 Å². The molecule has 4 rings (SSSR count). The van der Waals surface area contributed by atoms with Gasteiger partial charge in [-0.1, -0.05) is 6.07 Å². The molecule has 0 aliphatic carbocycles. The molecule has 1 atom stereocenters. The number of likely N-dealkylation sites (tertiary alicyclic amines) is 1. The number of fused-ring (bicyclic) bond motifs is 1. The number of nitrogens with one attached hydrogen (secondary N) is 1. The molecule has 3 aromatic rings. The van der Waals surface area contributed by atoms with E-state index in [-0.39, 0.29) is 5.56 Å². The van der Waals surface area contributed by atoms with E-state index < -0.39 is 0 Å². The lowest BCUT2D eigenvalue weighted by molar-refractivity contribution is 0.241. The number of rotatable bonds is 3. The third-order valence-electron chi connectivity index (χ3n) is 4.39. The second-order valence-corrected chi connectivity index (χ2v) is 6.10. The van der Waals surface area contributed by atoms with E-state index in [1.54, 1.807) is 6.07 Å². The summed E-state index contributed by atoms with van der Waals surface area (Å²) in [5, 5.41) is 3.00. The Kier molecular flexibility index (Phi) is 3.46. The molecular weight excluding hydrogens is 290 g/mol. The van der Waals surface area contributed by atoms with E-state index >= 15 is 0 Å². The quantitative estimate of drug-likeness (QED) is 0.804. The summed E-state index contributed by atoms with van der Waals surface area (Å²) in [6.07, 6.45) is 4.08. The minimum absolute atomic E-state index is 0.0633. The second kappa shape index (κ2) is 5.62. The van der Waals surface area contributed by atoms with Gasteiger partial charge in [0.1, 0.15) is 0 Å². The Morgan fingerprint density at radius 3 is 3.09 bits per heavy atom. The van der Waals surface area contributed by atoms with Crippen molar-refractivity contribution in [3.05, 3.63) is 64.0 Å². The first kappa shape index (κ1) is 14.1. The van der Waals surface area contributed by atoms with Crippen molar-refractivity contribution in [3.63, 3.8) is 0 Å². The van der Waals surface area contributed by atoms with Crippen molar-refractivity contribution < 1.29 is 0 Å². The molecule has 0 aromatic carbocycles. The summed E-state index contributed by atoms with van der Waals surface area (Å²) in [5.41, 5.74) is 3.46. The molecular formula is C17H19N5O. The van der Waals surface area contributed by atoms with E-state index in [9.17, 15) is 4.79 Å². The topological polar surface area (TPSA) is 66.3 Å². The summed E-state index contributed by atoms with van der Waals surface area (Å²) in [6.45, 7) is 3.61. The summed E-state index contributed by atoms with van der Waals surface area (Å²) in [4.78, 5) is 23.7. The van der Waals surface area contributed by atoms with Crippen LogP contribution in [0.15, 0.2) is 41.3 Å². The van der Waals surface area contributed by atoms with Crippen LogP contribution in [0.3, 0.4) is 0 Å². The van der Waals surface area contributed by atoms with Gasteiger partial charge in [-0.05, 0) is 38.4 Å². The third kappa shape index (κ3) is 2.66. The molecule has 118 valence electrons. The minimum Gasteiger partial charge on any atom is -0.294 e. The van der Waals surface area contributed by atoms with Crippen LogP contribution in [-0.2, 0) is 6.54 Å². The normalized spacial score (nSPS) is 18.7. The van der Waals surface area contributed by atoms with Crippen LogP contribution in [0.1, 0.15) is 36.0 Å². The fourth-order valence-corrected chi connectivity index (χ4v) is 3.37. The van der Waals surface area contributed by atoms with E-state index in [1.807, 2.05) is 31.3 Å². The first-order chi connectivity index (χ1) is 11.2. The van der Waals surface area contributed by atoms with Crippen LogP contribution in [0.2, 0.25) is 0 Å². The molecule has 0 saturated carbocycles. The van der Waals surface area contributed by atoms with Crippen molar-refractivity contribution in [2.45, 2.75) is 32.4 Å². The Bertz CT molecular complexity index is 883. The first-order valence-corrected chi connectivity index (χ1v) is 7.94. The molecule has 23 heavy (non-hydrogen) atoms. The number of H-pyrrole nitrogens is 1. The maximum absolute atomic E-state index is 12.2. The predicted molar refractivity (Wildman–Crippen MR) is 87.2 cm³/mol.